The number of nitrogens with zero attached hydrogens (tertiary/aromatic N) is 1. The molecule has 3 rings (SSSR count). The zero-order valence-corrected chi connectivity index (χ0v) is 15.9. The molecule has 1 aliphatic carbocycles. The molecule has 0 amide bonds. The Morgan fingerprint density at radius 2 is 2.04 bits per heavy atom. The minimum atomic E-state index is -0.659. The summed E-state index contributed by atoms with van der Waals surface area (Å²) in [5, 5.41) is 0.371. The molecule has 0 spiro atoms. The molecule has 0 unspecified atom stereocenters. The van der Waals surface area contributed by atoms with Crippen molar-refractivity contribution in [2.75, 3.05) is 6.61 Å². The van der Waals surface area contributed by atoms with Crippen molar-refractivity contribution in [1.82, 2.24) is 9.97 Å². The zero-order chi connectivity index (χ0) is 18.8. The van der Waals surface area contributed by atoms with Crippen molar-refractivity contribution in [3.05, 3.63) is 26.6 Å². The number of ether oxygens (including phenoxy) is 2. The van der Waals surface area contributed by atoms with Gasteiger partial charge in [-0.1, -0.05) is 12.8 Å². The first-order valence-electron chi connectivity index (χ1n) is 8.83. The first-order valence-corrected chi connectivity index (χ1v) is 9.65. The normalized spacial score (nSPS) is 16.0. The largest absolute Gasteiger partial charge is 0.462 e. The summed E-state index contributed by atoms with van der Waals surface area (Å²) in [5.41, 5.74) is 0.206. The van der Waals surface area contributed by atoms with Crippen LogP contribution in [0.3, 0.4) is 0 Å². The van der Waals surface area contributed by atoms with Crippen LogP contribution in [0.5, 0.6) is 0 Å². The van der Waals surface area contributed by atoms with E-state index in [0.29, 0.717) is 20.7 Å². The maximum absolute atomic E-state index is 12.5. The molecule has 7 nitrogen and oxygen atoms in total. The molecule has 1 atom stereocenters. The summed E-state index contributed by atoms with van der Waals surface area (Å²) < 4.78 is 10.5. The number of carbonyl (C=O) groups is 2. The average Bonchev–Trinajstić information content (AvgIpc) is 3.23. The average molecular weight is 378 g/mol. The number of H-pyrrole nitrogens is 1. The van der Waals surface area contributed by atoms with Crippen LogP contribution in [0.2, 0.25) is 0 Å². The highest BCUT2D eigenvalue weighted by Crippen LogP contribution is 2.30. The van der Waals surface area contributed by atoms with Gasteiger partial charge in [0.1, 0.15) is 9.71 Å². The Morgan fingerprint density at radius 3 is 2.69 bits per heavy atom. The van der Waals surface area contributed by atoms with Crippen molar-refractivity contribution in [2.24, 2.45) is 5.92 Å². The summed E-state index contributed by atoms with van der Waals surface area (Å²) in [7, 11) is 0. The molecule has 8 heteroatoms. The number of aromatic nitrogens is 2. The van der Waals surface area contributed by atoms with E-state index in [4.69, 9.17) is 9.47 Å². The predicted octanol–water partition coefficient (Wildman–Crippen LogP) is 3.26. The van der Waals surface area contributed by atoms with Crippen LogP contribution in [0.1, 0.15) is 66.7 Å². The molecule has 26 heavy (non-hydrogen) atoms. The predicted molar refractivity (Wildman–Crippen MR) is 97.4 cm³/mol. The van der Waals surface area contributed by atoms with Crippen LogP contribution in [0.25, 0.3) is 10.2 Å². The lowest BCUT2D eigenvalue weighted by atomic mass is 10.1. The van der Waals surface area contributed by atoms with Gasteiger partial charge in [-0.25, -0.2) is 9.78 Å². The Hall–Kier alpha value is -2.22. The number of aromatic amines is 1. The smallest absolute Gasteiger partial charge is 0.348 e. The number of esters is 2. The highest BCUT2D eigenvalue weighted by molar-refractivity contribution is 7.20. The third-order valence-electron chi connectivity index (χ3n) is 4.65. The lowest BCUT2D eigenvalue weighted by molar-refractivity contribution is -0.153. The van der Waals surface area contributed by atoms with Crippen LogP contribution in [0, 0.1) is 12.8 Å². The van der Waals surface area contributed by atoms with E-state index in [1.807, 2.05) is 0 Å². The Balaban J connectivity index is 1.89. The van der Waals surface area contributed by atoms with Crippen LogP contribution >= 0.6 is 11.3 Å². The van der Waals surface area contributed by atoms with Crippen molar-refractivity contribution >= 4 is 33.5 Å². The first-order chi connectivity index (χ1) is 12.4. The fourth-order valence-electron chi connectivity index (χ4n) is 3.23. The van der Waals surface area contributed by atoms with Gasteiger partial charge in [0.05, 0.1) is 17.9 Å². The van der Waals surface area contributed by atoms with Gasteiger partial charge in [-0.05, 0) is 39.2 Å². The summed E-state index contributed by atoms with van der Waals surface area (Å²) >= 11 is 1.12. The Morgan fingerprint density at radius 1 is 1.35 bits per heavy atom. The van der Waals surface area contributed by atoms with E-state index in [1.54, 1.807) is 20.8 Å². The maximum Gasteiger partial charge on any atom is 0.348 e. The highest BCUT2D eigenvalue weighted by Gasteiger charge is 2.27. The molecule has 1 N–H and O–H groups in total. The first kappa shape index (κ1) is 18.6. The van der Waals surface area contributed by atoms with Crippen molar-refractivity contribution in [2.45, 2.75) is 52.6 Å². The minimum Gasteiger partial charge on any atom is -0.462 e. The van der Waals surface area contributed by atoms with Gasteiger partial charge in [0.25, 0.3) is 5.56 Å². The van der Waals surface area contributed by atoms with E-state index in [9.17, 15) is 14.4 Å². The number of nitrogens with one attached hydrogen (secondary N) is 1. The molecule has 0 saturated heterocycles. The Bertz CT molecular complexity index is 895. The van der Waals surface area contributed by atoms with Gasteiger partial charge in [0, 0.05) is 0 Å². The van der Waals surface area contributed by atoms with E-state index in [0.717, 1.165) is 37.0 Å². The molecular weight excluding hydrogens is 356 g/mol. The molecule has 2 heterocycles. The number of hydrogen-bond acceptors (Lipinski definition) is 7. The van der Waals surface area contributed by atoms with Gasteiger partial charge in [-0.3, -0.25) is 9.59 Å². The molecule has 1 aliphatic rings. The fourth-order valence-corrected chi connectivity index (χ4v) is 4.31. The van der Waals surface area contributed by atoms with Crippen LogP contribution < -0.4 is 5.56 Å². The lowest BCUT2D eigenvalue weighted by Gasteiger charge is -2.15. The molecule has 1 fully saturated rings. The summed E-state index contributed by atoms with van der Waals surface area (Å²) in [6, 6.07) is 0. The molecule has 2 aromatic heterocycles. The van der Waals surface area contributed by atoms with Gasteiger partial charge >= 0.3 is 11.9 Å². The van der Waals surface area contributed by atoms with Crippen molar-refractivity contribution in [1.29, 1.82) is 0 Å². The van der Waals surface area contributed by atoms with E-state index in [1.165, 1.54) is 0 Å². The van der Waals surface area contributed by atoms with Gasteiger partial charge in [-0.2, -0.15) is 0 Å². The second-order valence-electron chi connectivity index (χ2n) is 6.47. The number of carbonyl (C=O) groups excluding carboxylic acids is 2. The van der Waals surface area contributed by atoms with Gasteiger partial charge < -0.3 is 14.5 Å². The zero-order valence-electron chi connectivity index (χ0n) is 15.1. The molecule has 0 aliphatic heterocycles. The molecule has 1 saturated carbocycles. The van der Waals surface area contributed by atoms with E-state index in [2.05, 4.69) is 9.97 Å². The standard InChI is InChI=1S/C18H22N2O5S/c1-4-24-18(23)13-9(2)12-15(21)19-14(20-16(12)26-13)10(3)25-17(22)11-7-5-6-8-11/h10-11H,4-8H2,1-3H3,(H,19,20,21)/t10-/m0/s1. The molecule has 0 bridgehead atoms. The number of fused-ring (bicyclic) bond motifs is 1. The summed E-state index contributed by atoms with van der Waals surface area (Å²) in [6.07, 6.45) is 3.12. The van der Waals surface area contributed by atoms with E-state index >= 15 is 0 Å². The monoisotopic (exact) mass is 378 g/mol. The molecule has 0 radical (unpaired) electrons. The fraction of sp³-hybridized carbons (Fsp3) is 0.556. The highest BCUT2D eigenvalue weighted by atomic mass is 32.1. The van der Waals surface area contributed by atoms with Crippen LogP contribution in [0.15, 0.2) is 4.79 Å². The molecule has 2 aromatic rings. The number of hydrogen-bond donors (Lipinski definition) is 1. The third-order valence-corrected chi connectivity index (χ3v) is 5.81. The van der Waals surface area contributed by atoms with Crippen molar-refractivity contribution < 1.29 is 19.1 Å². The van der Waals surface area contributed by atoms with Gasteiger partial charge in [0.2, 0.25) is 0 Å². The number of rotatable bonds is 5. The van der Waals surface area contributed by atoms with Crippen LogP contribution in [0.4, 0.5) is 0 Å². The summed E-state index contributed by atoms with van der Waals surface area (Å²) in [4.78, 5) is 44.6. The molecular formula is C18H22N2O5S. The number of thiophene rings is 1. The lowest BCUT2D eigenvalue weighted by Crippen LogP contribution is -2.20. The quantitative estimate of drug-likeness (QED) is 0.802. The van der Waals surface area contributed by atoms with E-state index < -0.39 is 12.1 Å². The van der Waals surface area contributed by atoms with Crippen LogP contribution in [-0.2, 0) is 14.3 Å². The Kier molecular flexibility index (Phi) is 5.41. The Labute approximate surface area is 154 Å². The summed E-state index contributed by atoms with van der Waals surface area (Å²) in [5.74, 6) is -0.486. The SMILES string of the molecule is CCOC(=O)c1sc2nc([C@H](C)OC(=O)C3CCCC3)[nH]c(=O)c2c1C. The van der Waals surface area contributed by atoms with Crippen LogP contribution in [-0.4, -0.2) is 28.5 Å². The second kappa shape index (κ2) is 7.57. The third kappa shape index (κ3) is 3.51. The minimum absolute atomic E-state index is 0.0627. The summed E-state index contributed by atoms with van der Waals surface area (Å²) in [6.45, 7) is 5.37. The van der Waals surface area contributed by atoms with E-state index in [-0.39, 0.29) is 29.9 Å². The number of aryl methyl sites for hydroxylation is 1. The van der Waals surface area contributed by atoms with Crippen molar-refractivity contribution in [3.63, 3.8) is 0 Å². The van der Waals surface area contributed by atoms with Gasteiger partial charge in [-0.15, -0.1) is 11.3 Å². The van der Waals surface area contributed by atoms with Gasteiger partial charge in [0.15, 0.2) is 11.9 Å². The molecule has 140 valence electrons. The van der Waals surface area contributed by atoms with Crippen molar-refractivity contribution in [3.8, 4) is 0 Å². The topological polar surface area (TPSA) is 98.3 Å². The maximum atomic E-state index is 12.5. The second-order valence-corrected chi connectivity index (χ2v) is 7.47. The molecule has 0 aromatic carbocycles.